The van der Waals surface area contributed by atoms with Crippen molar-refractivity contribution in [3.05, 3.63) is 50.4 Å². The van der Waals surface area contributed by atoms with Gasteiger partial charge in [0.1, 0.15) is 0 Å². The van der Waals surface area contributed by atoms with E-state index in [9.17, 15) is 13.2 Å². The van der Waals surface area contributed by atoms with Crippen molar-refractivity contribution in [1.29, 1.82) is 0 Å². The van der Waals surface area contributed by atoms with Gasteiger partial charge in [-0.05, 0) is 24.1 Å². The third kappa shape index (κ3) is 4.97. The highest BCUT2D eigenvalue weighted by molar-refractivity contribution is 9.10. The fourth-order valence-corrected chi connectivity index (χ4v) is 3.72. The highest BCUT2D eigenvalue weighted by Gasteiger charge is 2.39. The van der Waals surface area contributed by atoms with Crippen molar-refractivity contribution >= 4 is 33.2 Å². The molecule has 4 nitrogen and oxygen atoms in total. The number of alkyl halides is 3. The minimum atomic E-state index is -4.38. The summed E-state index contributed by atoms with van der Waals surface area (Å²) in [6.45, 7) is 0.472. The number of hydrogen-bond donors (Lipinski definition) is 2. The van der Waals surface area contributed by atoms with Crippen LogP contribution in [0.1, 0.15) is 28.6 Å². The average molecular weight is 447 g/mol. The third-order valence-corrected chi connectivity index (χ3v) is 5.55. The van der Waals surface area contributed by atoms with Crippen LogP contribution in [-0.4, -0.2) is 30.6 Å². The fourth-order valence-electron chi connectivity index (χ4n) is 2.65. The van der Waals surface area contributed by atoms with Gasteiger partial charge in [-0.15, -0.1) is 11.3 Å². The van der Waals surface area contributed by atoms with Crippen molar-refractivity contribution < 1.29 is 13.2 Å². The summed E-state index contributed by atoms with van der Waals surface area (Å²) in [6, 6.07) is 8.59. The lowest BCUT2D eigenvalue weighted by Gasteiger charge is -2.11. The van der Waals surface area contributed by atoms with E-state index in [0.717, 1.165) is 27.6 Å². The average Bonchev–Trinajstić information content (AvgIpc) is 3.17. The third-order valence-electron chi connectivity index (χ3n) is 4.11. The van der Waals surface area contributed by atoms with E-state index < -0.39 is 11.9 Å². The summed E-state index contributed by atoms with van der Waals surface area (Å²) in [5.41, 5.74) is 0.457. The molecule has 0 bridgehead atoms. The second-order valence-electron chi connectivity index (χ2n) is 6.02. The van der Waals surface area contributed by atoms with Crippen LogP contribution in [0.5, 0.6) is 0 Å². The monoisotopic (exact) mass is 446 g/mol. The standard InChI is InChI=1S/C17H18BrF3N4S/c1-22-16(23-7-6-15-25-14(9-26-15)17(19,20)21)24-13-8-12(13)10-2-4-11(18)5-3-10/h2-5,9,12-13H,6-8H2,1H3,(H2,22,23,24). The first-order valence-electron chi connectivity index (χ1n) is 8.11. The molecule has 26 heavy (non-hydrogen) atoms. The lowest BCUT2D eigenvalue weighted by atomic mass is 10.1. The SMILES string of the molecule is CN=C(NCCc1nc(C(F)(F)F)cs1)NC1CC1c1ccc(Br)cc1. The maximum atomic E-state index is 12.6. The molecule has 1 fully saturated rings. The summed E-state index contributed by atoms with van der Waals surface area (Å²) in [4.78, 5) is 7.80. The van der Waals surface area contributed by atoms with Gasteiger partial charge in [0.2, 0.25) is 0 Å². The summed E-state index contributed by atoms with van der Waals surface area (Å²) in [6.07, 6.45) is -2.93. The molecule has 2 N–H and O–H groups in total. The molecule has 0 radical (unpaired) electrons. The van der Waals surface area contributed by atoms with Gasteiger partial charge in [-0.2, -0.15) is 13.2 Å². The van der Waals surface area contributed by atoms with Gasteiger partial charge in [0.25, 0.3) is 0 Å². The molecule has 140 valence electrons. The van der Waals surface area contributed by atoms with Crippen LogP contribution in [0.2, 0.25) is 0 Å². The van der Waals surface area contributed by atoms with Crippen LogP contribution in [0.25, 0.3) is 0 Å². The molecule has 1 heterocycles. The predicted octanol–water partition coefficient (Wildman–Crippen LogP) is 4.19. The van der Waals surface area contributed by atoms with Crippen molar-refractivity contribution in [3.63, 3.8) is 0 Å². The zero-order valence-electron chi connectivity index (χ0n) is 14.0. The summed E-state index contributed by atoms with van der Waals surface area (Å²) < 4.78 is 38.7. The van der Waals surface area contributed by atoms with Gasteiger partial charge in [-0.1, -0.05) is 28.1 Å². The van der Waals surface area contributed by atoms with Crippen LogP contribution < -0.4 is 10.6 Å². The molecule has 1 aliphatic carbocycles. The van der Waals surface area contributed by atoms with Crippen molar-refractivity contribution in [2.75, 3.05) is 13.6 Å². The molecule has 1 saturated carbocycles. The molecule has 1 aliphatic rings. The van der Waals surface area contributed by atoms with Crippen LogP contribution >= 0.6 is 27.3 Å². The van der Waals surface area contributed by atoms with Crippen molar-refractivity contribution in [2.45, 2.75) is 31.0 Å². The van der Waals surface area contributed by atoms with Crippen LogP contribution in [0.3, 0.4) is 0 Å². The van der Waals surface area contributed by atoms with Gasteiger partial charge >= 0.3 is 6.18 Å². The minimum absolute atomic E-state index is 0.319. The van der Waals surface area contributed by atoms with E-state index in [1.165, 1.54) is 5.56 Å². The van der Waals surface area contributed by atoms with Crippen molar-refractivity contribution in [2.24, 2.45) is 4.99 Å². The smallest absolute Gasteiger partial charge is 0.356 e. The number of halogens is 4. The van der Waals surface area contributed by atoms with Crippen LogP contribution in [0, 0.1) is 0 Å². The van der Waals surface area contributed by atoms with Crippen LogP contribution in [-0.2, 0) is 12.6 Å². The highest BCUT2D eigenvalue weighted by Crippen LogP contribution is 2.41. The first-order valence-corrected chi connectivity index (χ1v) is 9.78. The van der Waals surface area contributed by atoms with Crippen LogP contribution in [0.15, 0.2) is 39.1 Å². The van der Waals surface area contributed by atoms with E-state index in [4.69, 9.17) is 0 Å². The number of guanidine groups is 1. The Morgan fingerprint density at radius 3 is 2.69 bits per heavy atom. The fraction of sp³-hybridized carbons (Fsp3) is 0.412. The maximum Gasteiger partial charge on any atom is 0.434 e. The Hall–Kier alpha value is -1.61. The number of nitrogens with zero attached hydrogens (tertiary/aromatic N) is 2. The van der Waals surface area contributed by atoms with E-state index in [1.54, 1.807) is 7.05 Å². The Morgan fingerprint density at radius 2 is 2.08 bits per heavy atom. The number of benzene rings is 1. The number of nitrogens with one attached hydrogen (secondary N) is 2. The molecule has 2 atom stereocenters. The molecule has 3 rings (SSSR count). The molecule has 2 unspecified atom stereocenters. The lowest BCUT2D eigenvalue weighted by molar-refractivity contribution is -0.140. The minimum Gasteiger partial charge on any atom is -0.356 e. The topological polar surface area (TPSA) is 49.3 Å². The van der Waals surface area contributed by atoms with Gasteiger partial charge in [-0.25, -0.2) is 4.98 Å². The zero-order chi connectivity index (χ0) is 18.7. The largest absolute Gasteiger partial charge is 0.434 e. The molecular formula is C17H18BrF3N4S. The van der Waals surface area contributed by atoms with Crippen molar-refractivity contribution in [1.82, 2.24) is 15.6 Å². The van der Waals surface area contributed by atoms with E-state index in [1.807, 2.05) is 12.1 Å². The Bertz CT molecular complexity index is 773. The Labute approximate surface area is 162 Å². The second kappa shape index (κ2) is 7.96. The van der Waals surface area contributed by atoms with Gasteiger partial charge in [0.05, 0.1) is 5.01 Å². The molecule has 0 amide bonds. The van der Waals surface area contributed by atoms with Gasteiger partial charge in [0.15, 0.2) is 11.7 Å². The first kappa shape index (κ1) is 19.2. The lowest BCUT2D eigenvalue weighted by Crippen LogP contribution is -2.39. The first-order chi connectivity index (χ1) is 12.4. The van der Waals surface area contributed by atoms with Gasteiger partial charge in [-0.3, -0.25) is 4.99 Å². The quantitative estimate of drug-likeness (QED) is 0.534. The Kier molecular flexibility index (Phi) is 5.86. The van der Waals surface area contributed by atoms with E-state index in [0.29, 0.717) is 35.9 Å². The predicted molar refractivity (Wildman–Crippen MR) is 101 cm³/mol. The molecule has 1 aromatic carbocycles. The second-order valence-corrected chi connectivity index (χ2v) is 7.88. The summed E-state index contributed by atoms with van der Waals surface area (Å²) in [7, 11) is 1.68. The molecule has 0 saturated heterocycles. The van der Waals surface area contributed by atoms with E-state index in [2.05, 4.69) is 48.7 Å². The maximum absolute atomic E-state index is 12.6. The van der Waals surface area contributed by atoms with Crippen LogP contribution in [0.4, 0.5) is 13.2 Å². The number of aliphatic imine (C=N–C) groups is 1. The number of thiazole rings is 1. The van der Waals surface area contributed by atoms with Gasteiger partial charge in [0, 0.05) is 41.8 Å². The molecule has 0 aliphatic heterocycles. The molecule has 2 aromatic rings. The Morgan fingerprint density at radius 1 is 1.35 bits per heavy atom. The number of aromatic nitrogens is 1. The molecule has 9 heteroatoms. The molecular weight excluding hydrogens is 429 g/mol. The zero-order valence-corrected chi connectivity index (χ0v) is 16.4. The van der Waals surface area contributed by atoms with Crippen molar-refractivity contribution in [3.8, 4) is 0 Å². The highest BCUT2D eigenvalue weighted by atomic mass is 79.9. The van der Waals surface area contributed by atoms with E-state index in [-0.39, 0.29) is 0 Å². The number of hydrogen-bond acceptors (Lipinski definition) is 3. The normalized spacial score (nSPS) is 20.1. The summed E-state index contributed by atoms with van der Waals surface area (Å²) >= 11 is 4.46. The van der Waals surface area contributed by atoms with E-state index >= 15 is 0 Å². The number of rotatable bonds is 5. The summed E-state index contributed by atoms with van der Waals surface area (Å²) in [5.74, 6) is 1.11. The molecule has 0 spiro atoms. The molecule has 1 aromatic heterocycles. The summed E-state index contributed by atoms with van der Waals surface area (Å²) in [5, 5.41) is 7.99. The van der Waals surface area contributed by atoms with Gasteiger partial charge < -0.3 is 10.6 Å². The Balaban J connectivity index is 1.44.